The van der Waals surface area contributed by atoms with Crippen molar-refractivity contribution in [2.75, 3.05) is 18.9 Å². The van der Waals surface area contributed by atoms with Crippen LogP contribution in [0.25, 0.3) is 0 Å². The predicted molar refractivity (Wildman–Crippen MR) is 77.2 cm³/mol. The molecule has 1 aromatic rings. The minimum absolute atomic E-state index is 0.0444. The Bertz CT molecular complexity index is 460. The Balaban J connectivity index is 2.22. The number of aromatic nitrogens is 1. The van der Waals surface area contributed by atoms with Crippen LogP contribution in [-0.4, -0.2) is 35.4 Å². The number of hydrogen-bond acceptors (Lipinski definition) is 3. The molecule has 0 spiro atoms. The maximum atomic E-state index is 12.6. The molecule has 3 unspecified atom stereocenters. The second-order valence-electron chi connectivity index (χ2n) is 5.67. The summed E-state index contributed by atoms with van der Waals surface area (Å²) in [7, 11) is 1.81. The third kappa shape index (κ3) is 2.88. The highest BCUT2D eigenvalue weighted by atomic mass is 16.2. The lowest BCUT2D eigenvalue weighted by Gasteiger charge is -2.41. The van der Waals surface area contributed by atoms with E-state index in [-0.39, 0.29) is 11.9 Å². The first-order chi connectivity index (χ1) is 9.02. The number of pyridine rings is 1. The van der Waals surface area contributed by atoms with Crippen molar-refractivity contribution >= 4 is 11.7 Å². The number of nitrogens with one attached hydrogen (secondary N) is 1. The van der Waals surface area contributed by atoms with Crippen LogP contribution < -0.4 is 5.32 Å². The molecule has 1 aromatic heterocycles. The Hall–Kier alpha value is -1.58. The predicted octanol–water partition coefficient (Wildman–Crippen LogP) is 2.63. The lowest BCUT2D eigenvalue weighted by atomic mass is 9.86. The number of amides is 1. The highest BCUT2D eigenvalue weighted by Gasteiger charge is 2.32. The summed E-state index contributed by atoms with van der Waals surface area (Å²) in [5, 5.41) is 2.97. The van der Waals surface area contributed by atoms with Crippen molar-refractivity contribution in [3.05, 3.63) is 23.9 Å². The molecular formula is C15H23N3O. The van der Waals surface area contributed by atoms with E-state index in [1.54, 1.807) is 6.07 Å². The largest absolute Gasteiger partial charge is 0.373 e. The second kappa shape index (κ2) is 5.59. The molecule has 1 N–H and O–H groups in total. The SMILES string of the molecule is CNc1cccc(C(=O)N2CC(C)CC(C)C2C)n1. The number of carbonyl (C=O) groups excluding carboxylic acids is 1. The summed E-state index contributed by atoms with van der Waals surface area (Å²) in [6, 6.07) is 5.80. The van der Waals surface area contributed by atoms with E-state index in [9.17, 15) is 4.79 Å². The fourth-order valence-electron chi connectivity index (χ4n) is 2.82. The van der Waals surface area contributed by atoms with Crippen molar-refractivity contribution < 1.29 is 4.79 Å². The number of likely N-dealkylation sites (tertiary alicyclic amines) is 1. The molecule has 2 heterocycles. The van der Waals surface area contributed by atoms with E-state index in [1.807, 2.05) is 24.1 Å². The standard InChI is InChI=1S/C15H23N3O/c1-10-8-11(2)12(3)18(9-10)15(19)13-6-5-7-14(16-4)17-13/h5-7,10-12H,8-9H2,1-4H3,(H,16,17). The lowest BCUT2D eigenvalue weighted by molar-refractivity contribution is 0.0450. The normalized spacial score (nSPS) is 27.2. The van der Waals surface area contributed by atoms with Crippen LogP contribution in [0, 0.1) is 11.8 Å². The summed E-state index contributed by atoms with van der Waals surface area (Å²) >= 11 is 0. The highest BCUT2D eigenvalue weighted by Crippen LogP contribution is 2.28. The van der Waals surface area contributed by atoms with Crippen LogP contribution in [0.3, 0.4) is 0 Å². The second-order valence-corrected chi connectivity index (χ2v) is 5.67. The maximum Gasteiger partial charge on any atom is 0.272 e. The van der Waals surface area contributed by atoms with E-state index in [4.69, 9.17) is 0 Å². The Morgan fingerprint density at radius 3 is 2.79 bits per heavy atom. The van der Waals surface area contributed by atoms with Crippen molar-refractivity contribution in [3.8, 4) is 0 Å². The van der Waals surface area contributed by atoms with E-state index in [1.165, 1.54) is 6.42 Å². The average molecular weight is 261 g/mol. The van der Waals surface area contributed by atoms with Crippen LogP contribution in [0.5, 0.6) is 0 Å². The molecule has 0 aromatic carbocycles. The first kappa shape index (κ1) is 13.8. The number of rotatable bonds is 2. The lowest BCUT2D eigenvalue weighted by Crippen LogP contribution is -2.49. The smallest absolute Gasteiger partial charge is 0.272 e. The van der Waals surface area contributed by atoms with Gasteiger partial charge in [-0.25, -0.2) is 4.98 Å². The van der Waals surface area contributed by atoms with Crippen LogP contribution in [0.1, 0.15) is 37.7 Å². The van der Waals surface area contributed by atoms with Crippen LogP contribution in [0.2, 0.25) is 0 Å². The topological polar surface area (TPSA) is 45.2 Å². The molecule has 1 amide bonds. The molecule has 0 radical (unpaired) electrons. The zero-order valence-electron chi connectivity index (χ0n) is 12.2. The summed E-state index contributed by atoms with van der Waals surface area (Å²) in [4.78, 5) is 18.9. The zero-order chi connectivity index (χ0) is 14.0. The van der Waals surface area contributed by atoms with Crippen LogP contribution in [-0.2, 0) is 0 Å². The summed E-state index contributed by atoms with van der Waals surface area (Å²) in [6.07, 6.45) is 1.19. The molecule has 0 bridgehead atoms. The van der Waals surface area contributed by atoms with Crippen molar-refractivity contribution in [3.63, 3.8) is 0 Å². The van der Waals surface area contributed by atoms with Crippen molar-refractivity contribution in [1.82, 2.24) is 9.88 Å². The van der Waals surface area contributed by atoms with Gasteiger partial charge in [0.1, 0.15) is 11.5 Å². The molecule has 4 heteroatoms. The number of hydrogen-bond donors (Lipinski definition) is 1. The van der Waals surface area contributed by atoms with Gasteiger partial charge in [0.05, 0.1) is 0 Å². The van der Waals surface area contributed by atoms with Crippen LogP contribution in [0.4, 0.5) is 5.82 Å². The van der Waals surface area contributed by atoms with E-state index in [2.05, 4.69) is 31.1 Å². The molecule has 0 aliphatic carbocycles. The summed E-state index contributed by atoms with van der Waals surface area (Å²) in [6.45, 7) is 7.39. The third-order valence-corrected chi connectivity index (χ3v) is 4.08. The van der Waals surface area contributed by atoms with Gasteiger partial charge in [-0.3, -0.25) is 4.79 Å². The summed E-state index contributed by atoms with van der Waals surface area (Å²) in [5.41, 5.74) is 0.528. The Labute approximate surface area is 115 Å². The van der Waals surface area contributed by atoms with E-state index < -0.39 is 0 Å². The van der Waals surface area contributed by atoms with Gasteiger partial charge < -0.3 is 10.2 Å². The Kier molecular flexibility index (Phi) is 4.08. The van der Waals surface area contributed by atoms with Gasteiger partial charge in [0.2, 0.25) is 0 Å². The third-order valence-electron chi connectivity index (χ3n) is 4.08. The molecule has 1 fully saturated rings. The van der Waals surface area contributed by atoms with Gasteiger partial charge in [0.15, 0.2) is 0 Å². The van der Waals surface area contributed by atoms with Crippen LogP contribution in [0.15, 0.2) is 18.2 Å². The fraction of sp³-hybridized carbons (Fsp3) is 0.600. The first-order valence-electron chi connectivity index (χ1n) is 6.98. The monoisotopic (exact) mass is 261 g/mol. The average Bonchev–Trinajstić information content (AvgIpc) is 2.42. The van der Waals surface area contributed by atoms with Crippen molar-refractivity contribution in [2.45, 2.75) is 33.2 Å². The van der Waals surface area contributed by atoms with Gasteiger partial charge >= 0.3 is 0 Å². The van der Waals surface area contributed by atoms with Gasteiger partial charge in [-0.15, -0.1) is 0 Å². The molecular weight excluding hydrogens is 238 g/mol. The Morgan fingerprint density at radius 2 is 2.11 bits per heavy atom. The molecule has 104 valence electrons. The first-order valence-corrected chi connectivity index (χ1v) is 6.98. The van der Waals surface area contributed by atoms with Crippen molar-refractivity contribution in [1.29, 1.82) is 0 Å². The van der Waals surface area contributed by atoms with Crippen molar-refractivity contribution in [2.24, 2.45) is 11.8 Å². The van der Waals surface area contributed by atoms with Crippen LogP contribution >= 0.6 is 0 Å². The number of carbonyl (C=O) groups is 1. The summed E-state index contributed by atoms with van der Waals surface area (Å²) in [5.74, 6) is 1.88. The van der Waals surface area contributed by atoms with Gasteiger partial charge in [-0.05, 0) is 37.3 Å². The van der Waals surface area contributed by atoms with E-state index >= 15 is 0 Å². The maximum absolute atomic E-state index is 12.6. The quantitative estimate of drug-likeness (QED) is 0.890. The van der Waals surface area contributed by atoms with Gasteiger partial charge in [0.25, 0.3) is 5.91 Å². The molecule has 0 saturated carbocycles. The molecule has 2 rings (SSSR count). The van der Waals surface area contributed by atoms with Gasteiger partial charge in [-0.1, -0.05) is 19.9 Å². The Morgan fingerprint density at radius 1 is 1.37 bits per heavy atom. The molecule has 4 nitrogen and oxygen atoms in total. The molecule has 19 heavy (non-hydrogen) atoms. The molecule has 1 aliphatic heterocycles. The van der Waals surface area contributed by atoms with E-state index in [0.29, 0.717) is 17.5 Å². The molecule has 1 aliphatic rings. The summed E-state index contributed by atoms with van der Waals surface area (Å²) < 4.78 is 0. The van der Waals surface area contributed by atoms with E-state index in [0.717, 1.165) is 12.4 Å². The molecule has 1 saturated heterocycles. The van der Waals surface area contributed by atoms with Gasteiger partial charge in [0, 0.05) is 19.6 Å². The minimum atomic E-state index is 0.0444. The molecule has 3 atom stereocenters. The number of anilines is 1. The fourth-order valence-corrected chi connectivity index (χ4v) is 2.82. The van der Waals surface area contributed by atoms with Gasteiger partial charge in [-0.2, -0.15) is 0 Å². The number of piperidine rings is 1. The zero-order valence-corrected chi connectivity index (χ0v) is 12.2. The minimum Gasteiger partial charge on any atom is -0.373 e. The highest BCUT2D eigenvalue weighted by molar-refractivity contribution is 5.93. The number of nitrogens with zero attached hydrogens (tertiary/aromatic N) is 2.